The van der Waals surface area contributed by atoms with Crippen LogP contribution in [0.15, 0.2) is 18.5 Å². The molecule has 0 saturated heterocycles. The first kappa shape index (κ1) is 8.96. The molecule has 1 unspecified atom stereocenters. The number of rotatable bonds is 2. The van der Waals surface area contributed by atoms with Crippen LogP contribution in [-0.4, -0.2) is 30.6 Å². The zero-order valence-corrected chi connectivity index (χ0v) is 7.78. The fourth-order valence-corrected chi connectivity index (χ4v) is 1.38. The third-order valence-electron chi connectivity index (χ3n) is 2.06. The number of amides is 1. The largest absolute Gasteiger partial charge is 0.382 e. The van der Waals surface area contributed by atoms with Crippen LogP contribution in [0.1, 0.15) is 0 Å². The molecule has 1 atom stereocenters. The van der Waals surface area contributed by atoms with Gasteiger partial charge in [-0.15, -0.1) is 0 Å². The zero-order valence-electron chi connectivity index (χ0n) is 7.78. The van der Waals surface area contributed by atoms with Crippen LogP contribution in [0.4, 0.5) is 11.4 Å². The molecule has 1 aromatic rings. The van der Waals surface area contributed by atoms with Crippen molar-refractivity contribution in [1.29, 1.82) is 0 Å². The summed E-state index contributed by atoms with van der Waals surface area (Å²) in [7, 11) is 1.56. The van der Waals surface area contributed by atoms with Gasteiger partial charge in [0, 0.05) is 13.3 Å². The van der Waals surface area contributed by atoms with Crippen LogP contribution in [-0.2, 0) is 9.53 Å². The van der Waals surface area contributed by atoms with Gasteiger partial charge < -0.3 is 15.4 Å². The third-order valence-corrected chi connectivity index (χ3v) is 2.06. The van der Waals surface area contributed by atoms with Crippen molar-refractivity contribution in [2.45, 2.75) is 6.04 Å². The van der Waals surface area contributed by atoms with Crippen molar-refractivity contribution in [3.63, 3.8) is 0 Å². The van der Waals surface area contributed by atoms with Crippen LogP contribution in [0, 0.1) is 0 Å². The average Bonchev–Trinajstić information content (AvgIpc) is 2.19. The minimum atomic E-state index is -0.336. The van der Waals surface area contributed by atoms with Gasteiger partial charge in [0.2, 0.25) is 5.91 Å². The van der Waals surface area contributed by atoms with E-state index in [1.165, 1.54) is 0 Å². The van der Waals surface area contributed by atoms with E-state index in [0.717, 1.165) is 11.4 Å². The lowest BCUT2D eigenvalue weighted by molar-refractivity contribution is -0.118. The molecule has 2 heterocycles. The van der Waals surface area contributed by atoms with Crippen LogP contribution in [0.25, 0.3) is 0 Å². The Kier molecular flexibility index (Phi) is 2.32. The van der Waals surface area contributed by atoms with Crippen molar-refractivity contribution in [2.75, 3.05) is 24.4 Å². The van der Waals surface area contributed by atoms with E-state index in [2.05, 4.69) is 15.6 Å². The normalized spacial score (nSPS) is 19.5. The molecule has 5 heteroatoms. The van der Waals surface area contributed by atoms with E-state index >= 15 is 0 Å². The first-order valence-corrected chi connectivity index (χ1v) is 4.31. The molecule has 0 fully saturated rings. The standard InChI is InChI=1S/C9H11N3O2/c1-14-5-8-9(13)12-6-2-3-10-4-7(6)11-8/h2-4,8,11H,5H2,1H3,(H,12,13). The summed E-state index contributed by atoms with van der Waals surface area (Å²) in [6, 6.07) is 1.42. The SMILES string of the molecule is COCC1Nc2cnccc2NC1=O. The van der Waals surface area contributed by atoms with Crippen LogP contribution < -0.4 is 10.6 Å². The van der Waals surface area contributed by atoms with Crippen LogP contribution >= 0.6 is 0 Å². The summed E-state index contributed by atoms with van der Waals surface area (Å²) in [6.45, 7) is 0.347. The van der Waals surface area contributed by atoms with Crippen molar-refractivity contribution in [3.8, 4) is 0 Å². The summed E-state index contributed by atoms with van der Waals surface area (Å²) in [6.07, 6.45) is 3.31. The Hall–Kier alpha value is -1.62. The molecule has 1 amide bonds. The van der Waals surface area contributed by atoms with Crippen molar-refractivity contribution < 1.29 is 9.53 Å². The van der Waals surface area contributed by atoms with E-state index < -0.39 is 0 Å². The van der Waals surface area contributed by atoms with Gasteiger partial charge in [-0.05, 0) is 6.07 Å². The number of carbonyl (C=O) groups is 1. The second-order valence-corrected chi connectivity index (χ2v) is 3.06. The molecule has 0 bridgehead atoms. The number of anilines is 2. The first-order chi connectivity index (χ1) is 6.81. The Balaban J connectivity index is 2.22. The second kappa shape index (κ2) is 3.63. The molecule has 2 rings (SSSR count). The van der Waals surface area contributed by atoms with E-state index in [-0.39, 0.29) is 11.9 Å². The minimum absolute atomic E-state index is 0.0782. The molecule has 0 saturated carbocycles. The van der Waals surface area contributed by atoms with Crippen molar-refractivity contribution in [1.82, 2.24) is 4.98 Å². The van der Waals surface area contributed by atoms with Gasteiger partial charge >= 0.3 is 0 Å². The predicted octanol–water partition coefficient (Wildman–Crippen LogP) is 0.461. The number of carbonyl (C=O) groups excluding carboxylic acids is 1. The molecule has 1 aliphatic rings. The van der Waals surface area contributed by atoms with Gasteiger partial charge in [0.1, 0.15) is 6.04 Å². The van der Waals surface area contributed by atoms with Crippen LogP contribution in [0.2, 0.25) is 0 Å². The number of hydrogen-bond acceptors (Lipinski definition) is 4. The molecule has 5 nitrogen and oxygen atoms in total. The molecule has 2 N–H and O–H groups in total. The number of ether oxygens (including phenoxy) is 1. The van der Waals surface area contributed by atoms with Crippen molar-refractivity contribution in [3.05, 3.63) is 18.5 Å². The fraction of sp³-hybridized carbons (Fsp3) is 0.333. The van der Waals surface area contributed by atoms with Gasteiger partial charge in [-0.2, -0.15) is 0 Å². The Morgan fingerprint density at radius 1 is 1.57 bits per heavy atom. The molecule has 0 radical (unpaired) electrons. The lowest BCUT2D eigenvalue weighted by Gasteiger charge is -2.25. The number of nitrogens with one attached hydrogen (secondary N) is 2. The van der Waals surface area contributed by atoms with Crippen molar-refractivity contribution >= 4 is 17.3 Å². The lowest BCUT2D eigenvalue weighted by atomic mass is 10.2. The molecule has 14 heavy (non-hydrogen) atoms. The van der Waals surface area contributed by atoms with E-state index in [9.17, 15) is 4.79 Å². The summed E-state index contributed by atoms with van der Waals surface area (Å²) in [5, 5.41) is 5.82. The van der Waals surface area contributed by atoms with Gasteiger partial charge in [0.05, 0.1) is 24.2 Å². The number of pyridine rings is 1. The molecular formula is C9H11N3O2. The molecule has 0 spiro atoms. The molecule has 0 aromatic carbocycles. The number of methoxy groups -OCH3 is 1. The van der Waals surface area contributed by atoms with Gasteiger partial charge in [-0.25, -0.2) is 0 Å². The molecule has 1 aromatic heterocycles. The highest BCUT2D eigenvalue weighted by Crippen LogP contribution is 2.24. The predicted molar refractivity (Wildman–Crippen MR) is 52.2 cm³/mol. The second-order valence-electron chi connectivity index (χ2n) is 3.06. The maximum Gasteiger partial charge on any atom is 0.249 e. The van der Waals surface area contributed by atoms with Gasteiger partial charge in [-0.3, -0.25) is 9.78 Å². The molecule has 0 aliphatic carbocycles. The maximum absolute atomic E-state index is 11.5. The van der Waals surface area contributed by atoms with Crippen LogP contribution in [0.5, 0.6) is 0 Å². The topological polar surface area (TPSA) is 63.2 Å². The smallest absolute Gasteiger partial charge is 0.249 e. The number of fused-ring (bicyclic) bond motifs is 1. The Morgan fingerprint density at radius 2 is 2.43 bits per heavy atom. The highest BCUT2D eigenvalue weighted by Gasteiger charge is 2.24. The summed E-state index contributed by atoms with van der Waals surface area (Å²) < 4.78 is 4.92. The zero-order chi connectivity index (χ0) is 9.97. The van der Waals surface area contributed by atoms with E-state index in [1.54, 1.807) is 25.6 Å². The lowest BCUT2D eigenvalue weighted by Crippen LogP contribution is -2.41. The fourth-order valence-electron chi connectivity index (χ4n) is 1.38. The maximum atomic E-state index is 11.5. The molecular weight excluding hydrogens is 182 g/mol. The van der Waals surface area contributed by atoms with E-state index in [4.69, 9.17) is 4.74 Å². The number of hydrogen-bond donors (Lipinski definition) is 2. The quantitative estimate of drug-likeness (QED) is 0.716. The molecule has 74 valence electrons. The summed E-state index contributed by atoms with van der Waals surface area (Å²) in [5.74, 6) is -0.0782. The van der Waals surface area contributed by atoms with Gasteiger partial charge in [0.15, 0.2) is 0 Å². The minimum Gasteiger partial charge on any atom is -0.382 e. The Labute approximate surface area is 81.5 Å². The highest BCUT2D eigenvalue weighted by atomic mass is 16.5. The van der Waals surface area contributed by atoms with Crippen molar-refractivity contribution in [2.24, 2.45) is 0 Å². The van der Waals surface area contributed by atoms with E-state index in [0.29, 0.717) is 6.61 Å². The highest BCUT2D eigenvalue weighted by molar-refractivity contribution is 6.02. The average molecular weight is 193 g/mol. The molecule has 1 aliphatic heterocycles. The van der Waals surface area contributed by atoms with E-state index in [1.807, 2.05) is 0 Å². The first-order valence-electron chi connectivity index (χ1n) is 4.31. The Morgan fingerprint density at radius 3 is 3.21 bits per heavy atom. The Bertz CT molecular complexity index is 354. The summed E-state index contributed by atoms with van der Waals surface area (Å²) in [5.41, 5.74) is 1.59. The summed E-state index contributed by atoms with van der Waals surface area (Å²) in [4.78, 5) is 15.4. The monoisotopic (exact) mass is 193 g/mol. The number of nitrogens with zero attached hydrogens (tertiary/aromatic N) is 1. The number of aromatic nitrogens is 1. The van der Waals surface area contributed by atoms with Gasteiger partial charge in [-0.1, -0.05) is 0 Å². The summed E-state index contributed by atoms with van der Waals surface area (Å²) >= 11 is 0. The third kappa shape index (κ3) is 1.54. The van der Waals surface area contributed by atoms with Gasteiger partial charge in [0.25, 0.3) is 0 Å². The van der Waals surface area contributed by atoms with Crippen LogP contribution in [0.3, 0.4) is 0 Å².